The zero-order valence-electron chi connectivity index (χ0n) is 10.4. The molecule has 5 heteroatoms. The van der Waals surface area contributed by atoms with Crippen LogP contribution in [-0.2, 0) is 6.42 Å². The third-order valence-electron chi connectivity index (χ3n) is 3.52. The molecule has 0 aliphatic heterocycles. The highest BCUT2D eigenvalue weighted by molar-refractivity contribution is 9.10. The molecule has 0 amide bonds. The highest BCUT2D eigenvalue weighted by atomic mass is 79.9. The Labute approximate surface area is 122 Å². The lowest BCUT2D eigenvalue weighted by atomic mass is 10.1. The zero-order valence-corrected chi connectivity index (χ0v) is 12.0. The van der Waals surface area contributed by atoms with Crippen LogP contribution in [0, 0.1) is 17.5 Å². The molecule has 104 valence electrons. The van der Waals surface area contributed by atoms with Crippen molar-refractivity contribution in [1.82, 2.24) is 0 Å². The first kappa shape index (κ1) is 13.5. The predicted molar refractivity (Wildman–Crippen MR) is 75.1 cm³/mol. The van der Waals surface area contributed by atoms with E-state index in [-0.39, 0.29) is 22.0 Å². The molecule has 3 rings (SSSR count). The van der Waals surface area contributed by atoms with E-state index in [1.807, 2.05) is 0 Å². The molecule has 0 radical (unpaired) electrons. The number of fused-ring (bicyclic) bond motifs is 1. The van der Waals surface area contributed by atoms with Crippen molar-refractivity contribution >= 4 is 21.6 Å². The van der Waals surface area contributed by atoms with Crippen molar-refractivity contribution < 1.29 is 13.2 Å². The van der Waals surface area contributed by atoms with Crippen molar-refractivity contribution in [2.45, 2.75) is 18.9 Å². The molecule has 1 N–H and O–H groups in total. The molecule has 2 aromatic carbocycles. The number of anilines is 1. The molecule has 0 aromatic heterocycles. The molecule has 0 fully saturated rings. The van der Waals surface area contributed by atoms with Gasteiger partial charge in [0.2, 0.25) is 0 Å². The van der Waals surface area contributed by atoms with Crippen LogP contribution < -0.4 is 5.32 Å². The van der Waals surface area contributed by atoms with Crippen LogP contribution >= 0.6 is 15.9 Å². The molecule has 0 saturated heterocycles. The number of rotatable bonds is 2. The smallest absolute Gasteiger partial charge is 0.149 e. The number of hydrogen-bond donors (Lipinski definition) is 1. The van der Waals surface area contributed by atoms with Crippen molar-refractivity contribution in [1.29, 1.82) is 0 Å². The minimum atomic E-state index is -0.638. The van der Waals surface area contributed by atoms with Crippen LogP contribution in [0.15, 0.2) is 34.8 Å². The summed E-state index contributed by atoms with van der Waals surface area (Å²) in [6.45, 7) is 0. The Hall–Kier alpha value is -1.49. The Kier molecular flexibility index (Phi) is 3.46. The van der Waals surface area contributed by atoms with E-state index in [0.717, 1.165) is 30.0 Å². The van der Waals surface area contributed by atoms with Crippen molar-refractivity contribution in [2.75, 3.05) is 5.32 Å². The van der Waals surface area contributed by atoms with Crippen molar-refractivity contribution in [3.05, 3.63) is 63.4 Å². The fourth-order valence-electron chi connectivity index (χ4n) is 2.56. The molecule has 2 aromatic rings. The van der Waals surface area contributed by atoms with Gasteiger partial charge in [-0.25, -0.2) is 13.2 Å². The number of aryl methyl sites for hydroxylation is 1. The van der Waals surface area contributed by atoms with Gasteiger partial charge in [-0.05, 0) is 58.1 Å². The van der Waals surface area contributed by atoms with Crippen LogP contribution in [-0.4, -0.2) is 0 Å². The van der Waals surface area contributed by atoms with Gasteiger partial charge >= 0.3 is 0 Å². The van der Waals surface area contributed by atoms with Crippen LogP contribution in [0.1, 0.15) is 23.6 Å². The van der Waals surface area contributed by atoms with Gasteiger partial charge in [-0.15, -0.1) is 0 Å². The first-order valence-electron chi connectivity index (χ1n) is 6.24. The van der Waals surface area contributed by atoms with Crippen LogP contribution in [0.25, 0.3) is 0 Å². The van der Waals surface area contributed by atoms with Gasteiger partial charge in [0.05, 0.1) is 16.2 Å². The predicted octanol–water partition coefficient (Wildman–Crippen LogP) is 4.97. The van der Waals surface area contributed by atoms with Crippen molar-refractivity contribution in [2.24, 2.45) is 0 Å². The number of hydrogen-bond acceptors (Lipinski definition) is 1. The van der Waals surface area contributed by atoms with Gasteiger partial charge in [-0.2, -0.15) is 0 Å². The monoisotopic (exact) mass is 341 g/mol. The lowest BCUT2D eigenvalue weighted by Gasteiger charge is -2.16. The minimum Gasteiger partial charge on any atom is -0.376 e. The van der Waals surface area contributed by atoms with E-state index >= 15 is 0 Å². The average Bonchev–Trinajstić information content (AvgIpc) is 2.78. The van der Waals surface area contributed by atoms with Gasteiger partial charge in [0.25, 0.3) is 0 Å². The second-order valence-electron chi connectivity index (χ2n) is 4.82. The van der Waals surface area contributed by atoms with Crippen molar-refractivity contribution in [3.8, 4) is 0 Å². The molecule has 1 aliphatic carbocycles. The van der Waals surface area contributed by atoms with Gasteiger partial charge < -0.3 is 5.32 Å². The van der Waals surface area contributed by atoms with Gasteiger partial charge in [-0.3, -0.25) is 0 Å². The second-order valence-corrected chi connectivity index (χ2v) is 5.68. The Morgan fingerprint density at radius 2 is 1.85 bits per heavy atom. The third-order valence-corrected chi connectivity index (χ3v) is 4.13. The molecule has 1 aliphatic rings. The Morgan fingerprint density at radius 1 is 1.05 bits per heavy atom. The quantitative estimate of drug-likeness (QED) is 0.760. The molecular formula is C15H11BrF3N. The van der Waals surface area contributed by atoms with E-state index in [0.29, 0.717) is 0 Å². The molecule has 0 saturated carbocycles. The van der Waals surface area contributed by atoms with Gasteiger partial charge in [0, 0.05) is 6.07 Å². The Balaban J connectivity index is 1.89. The molecule has 0 spiro atoms. The highest BCUT2D eigenvalue weighted by Crippen LogP contribution is 2.35. The zero-order chi connectivity index (χ0) is 14.3. The van der Waals surface area contributed by atoms with E-state index in [4.69, 9.17) is 0 Å². The summed E-state index contributed by atoms with van der Waals surface area (Å²) in [7, 11) is 0. The number of benzene rings is 2. The molecule has 0 bridgehead atoms. The molecular weight excluding hydrogens is 331 g/mol. The van der Waals surface area contributed by atoms with Crippen LogP contribution in [0.2, 0.25) is 0 Å². The van der Waals surface area contributed by atoms with E-state index < -0.39 is 11.6 Å². The maximum Gasteiger partial charge on any atom is 0.149 e. The topological polar surface area (TPSA) is 12.0 Å². The van der Waals surface area contributed by atoms with Crippen molar-refractivity contribution in [3.63, 3.8) is 0 Å². The summed E-state index contributed by atoms with van der Waals surface area (Å²) in [4.78, 5) is 0. The highest BCUT2D eigenvalue weighted by Gasteiger charge is 2.23. The molecule has 1 nitrogen and oxygen atoms in total. The van der Waals surface area contributed by atoms with E-state index in [2.05, 4.69) is 21.2 Å². The fourth-order valence-corrected chi connectivity index (χ4v) is 2.90. The van der Waals surface area contributed by atoms with E-state index in [9.17, 15) is 13.2 Å². The summed E-state index contributed by atoms with van der Waals surface area (Å²) in [5, 5.41) is 3.06. The van der Waals surface area contributed by atoms with Gasteiger partial charge in [0.15, 0.2) is 0 Å². The third kappa shape index (κ3) is 2.42. The second kappa shape index (κ2) is 5.13. The SMILES string of the molecule is Fc1ccc2c(c1)CCC2Nc1cc(Br)c(F)cc1F. The molecule has 20 heavy (non-hydrogen) atoms. The minimum absolute atomic E-state index is 0.0857. The van der Waals surface area contributed by atoms with E-state index in [1.165, 1.54) is 18.2 Å². The van der Waals surface area contributed by atoms with Crippen LogP contribution in [0.5, 0.6) is 0 Å². The first-order chi connectivity index (χ1) is 9.54. The standard InChI is InChI=1S/C15H11BrF3N/c16-11-6-15(13(19)7-12(11)18)20-14-4-1-8-5-9(17)2-3-10(8)14/h2-3,5-7,14,20H,1,4H2. The molecule has 1 unspecified atom stereocenters. The summed E-state index contributed by atoms with van der Waals surface area (Å²) in [6.07, 6.45) is 1.50. The molecule has 0 heterocycles. The summed E-state index contributed by atoms with van der Waals surface area (Å²) in [6, 6.07) is 6.76. The maximum absolute atomic E-state index is 13.7. The summed E-state index contributed by atoms with van der Waals surface area (Å²) >= 11 is 3.04. The normalized spacial score (nSPS) is 17.1. The maximum atomic E-state index is 13.7. The summed E-state index contributed by atoms with van der Waals surface area (Å²) in [5.74, 6) is -1.54. The Morgan fingerprint density at radius 3 is 2.65 bits per heavy atom. The summed E-state index contributed by atoms with van der Waals surface area (Å²) in [5.41, 5.74) is 2.13. The summed E-state index contributed by atoms with van der Waals surface area (Å²) < 4.78 is 40.3. The van der Waals surface area contributed by atoms with Gasteiger partial charge in [0.1, 0.15) is 17.5 Å². The number of nitrogens with one attached hydrogen (secondary N) is 1. The average molecular weight is 342 g/mol. The first-order valence-corrected chi connectivity index (χ1v) is 7.03. The fraction of sp³-hybridized carbons (Fsp3) is 0.200. The largest absolute Gasteiger partial charge is 0.376 e. The Bertz CT molecular complexity index is 672. The lowest BCUT2D eigenvalue weighted by molar-refractivity contribution is 0.578. The van der Waals surface area contributed by atoms with Crippen LogP contribution in [0.4, 0.5) is 18.9 Å². The lowest BCUT2D eigenvalue weighted by Crippen LogP contribution is -2.09. The number of halogens is 4. The van der Waals surface area contributed by atoms with Gasteiger partial charge in [-0.1, -0.05) is 6.07 Å². The molecule has 1 atom stereocenters. The van der Waals surface area contributed by atoms with Crippen LogP contribution in [0.3, 0.4) is 0 Å². The van der Waals surface area contributed by atoms with E-state index in [1.54, 1.807) is 6.07 Å².